The Kier molecular flexibility index (Phi) is 5.11. The third-order valence-corrected chi connectivity index (χ3v) is 2.86. The first-order valence-electron chi connectivity index (χ1n) is 6.76. The number of carbonyl (C=O) groups is 1. The molecule has 0 aliphatic carbocycles. The number of para-hydroxylation sites is 1. The summed E-state index contributed by atoms with van der Waals surface area (Å²) < 4.78 is 1.75. The van der Waals surface area contributed by atoms with Crippen molar-refractivity contribution in [2.24, 2.45) is 0 Å². The van der Waals surface area contributed by atoms with Crippen LogP contribution in [0.25, 0.3) is 0 Å². The van der Waals surface area contributed by atoms with E-state index in [1.807, 2.05) is 37.4 Å². The standard InChI is InChI=1S/C14H19N5O/c1-2-15-13-7-4-3-6-12(13)14(20)16-8-5-10-19-11-9-17-18-19/h3-4,6-7,9,11,15H,2,5,8,10H2,1H3,(H,16,20). The van der Waals surface area contributed by atoms with E-state index in [1.165, 1.54) is 0 Å². The molecule has 6 heteroatoms. The Morgan fingerprint density at radius 2 is 2.20 bits per heavy atom. The Balaban J connectivity index is 1.82. The van der Waals surface area contributed by atoms with Gasteiger partial charge in [-0.25, -0.2) is 0 Å². The third-order valence-electron chi connectivity index (χ3n) is 2.86. The van der Waals surface area contributed by atoms with Crippen LogP contribution >= 0.6 is 0 Å². The molecule has 0 spiro atoms. The number of nitrogens with zero attached hydrogens (tertiary/aromatic N) is 3. The van der Waals surface area contributed by atoms with E-state index >= 15 is 0 Å². The average Bonchev–Trinajstić information content (AvgIpc) is 2.97. The number of hydrogen-bond donors (Lipinski definition) is 2. The number of hydrogen-bond acceptors (Lipinski definition) is 4. The van der Waals surface area contributed by atoms with Crippen molar-refractivity contribution in [2.75, 3.05) is 18.4 Å². The SMILES string of the molecule is CCNc1ccccc1C(=O)NCCCn1ccnn1. The van der Waals surface area contributed by atoms with Crippen molar-refractivity contribution in [3.8, 4) is 0 Å². The number of aromatic nitrogens is 3. The third kappa shape index (κ3) is 3.81. The highest BCUT2D eigenvalue weighted by Crippen LogP contribution is 2.14. The Labute approximate surface area is 118 Å². The summed E-state index contributed by atoms with van der Waals surface area (Å²) >= 11 is 0. The van der Waals surface area contributed by atoms with Gasteiger partial charge in [0.2, 0.25) is 0 Å². The molecule has 0 saturated heterocycles. The van der Waals surface area contributed by atoms with Crippen molar-refractivity contribution in [3.05, 3.63) is 42.2 Å². The van der Waals surface area contributed by atoms with Gasteiger partial charge in [0, 0.05) is 31.5 Å². The topological polar surface area (TPSA) is 71.8 Å². The minimum Gasteiger partial charge on any atom is -0.385 e. The van der Waals surface area contributed by atoms with Crippen molar-refractivity contribution in [1.82, 2.24) is 20.3 Å². The number of carbonyl (C=O) groups excluding carboxylic acids is 1. The first-order valence-corrected chi connectivity index (χ1v) is 6.76. The van der Waals surface area contributed by atoms with Gasteiger partial charge in [0.1, 0.15) is 0 Å². The molecular formula is C14H19N5O. The van der Waals surface area contributed by atoms with Gasteiger partial charge in [0.15, 0.2) is 0 Å². The Hall–Kier alpha value is -2.37. The zero-order valence-corrected chi connectivity index (χ0v) is 11.5. The fourth-order valence-corrected chi connectivity index (χ4v) is 1.92. The van der Waals surface area contributed by atoms with Crippen LogP contribution in [-0.4, -0.2) is 34.0 Å². The molecule has 0 unspecified atom stereocenters. The second-order valence-corrected chi connectivity index (χ2v) is 4.35. The lowest BCUT2D eigenvalue weighted by atomic mass is 10.1. The number of aryl methyl sites for hydroxylation is 1. The van der Waals surface area contributed by atoms with Crippen molar-refractivity contribution in [3.63, 3.8) is 0 Å². The smallest absolute Gasteiger partial charge is 0.253 e. The molecule has 1 aromatic heterocycles. The quantitative estimate of drug-likeness (QED) is 0.750. The zero-order chi connectivity index (χ0) is 14.2. The van der Waals surface area contributed by atoms with Gasteiger partial charge in [0.05, 0.1) is 11.8 Å². The largest absolute Gasteiger partial charge is 0.385 e. The zero-order valence-electron chi connectivity index (χ0n) is 11.5. The summed E-state index contributed by atoms with van der Waals surface area (Å²) in [6.45, 7) is 4.15. The molecule has 0 bridgehead atoms. The van der Waals surface area contributed by atoms with Gasteiger partial charge in [0.25, 0.3) is 5.91 Å². The molecule has 1 heterocycles. The molecule has 106 valence electrons. The summed E-state index contributed by atoms with van der Waals surface area (Å²) in [5, 5.41) is 13.7. The van der Waals surface area contributed by atoms with Crippen LogP contribution in [0.4, 0.5) is 5.69 Å². The molecule has 0 radical (unpaired) electrons. The van der Waals surface area contributed by atoms with E-state index in [0.717, 1.165) is 25.2 Å². The predicted octanol–water partition coefficient (Wildman–Crippen LogP) is 1.53. The molecule has 20 heavy (non-hydrogen) atoms. The molecule has 2 aromatic rings. The second kappa shape index (κ2) is 7.28. The second-order valence-electron chi connectivity index (χ2n) is 4.35. The van der Waals surface area contributed by atoms with E-state index in [4.69, 9.17) is 0 Å². The van der Waals surface area contributed by atoms with Crippen molar-refractivity contribution in [2.45, 2.75) is 19.9 Å². The number of benzene rings is 1. The first kappa shape index (κ1) is 14.0. The number of amides is 1. The van der Waals surface area contributed by atoms with E-state index in [9.17, 15) is 4.79 Å². The Bertz CT molecular complexity index is 538. The lowest BCUT2D eigenvalue weighted by Crippen LogP contribution is -2.26. The van der Waals surface area contributed by atoms with Crippen LogP contribution in [0.2, 0.25) is 0 Å². The van der Waals surface area contributed by atoms with Crippen LogP contribution in [0, 0.1) is 0 Å². The van der Waals surface area contributed by atoms with Crippen LogP contribution in [0.5, 0.6) is 0 Å². The number of rotatable bonds is 7. The molecule has 2 N–H and O–H groups in total. The predicted molar refractivity (Wildman–Crippen MR) is 77.6 cm³/mol. The molecule has 0 aliphatic heterocycles. The molecule has 0 saturated carbocycles. The minimum absolute atomic E-state index is 0.0554. The Morgan fingerprint density at radius 1 is 1.35 bits per heavy atom. The number of nitrogens with one attached hydrogen (secondary N) is 2. The normalized spacial score (nSPS) is 10.2. The molecule has 0 aliphatic rings. The maximum atomic E-state index is 12.1. The van der Waals surface area contributed by atoms with Crippen molar-refractivity contribution < 1.29 is 4.79 Å². The number of anilines is 1. The molecular weight excluding hydrogens is 254 g/mol. The molecule has 2 rings (SSSR count). The van der Waals surface area contributed by atoms with Crippen LogP contribution < -0.4 is 10.6 Å². The lowest BCUT2D eigenvalue weighted by molar-refractivity contribution is 0.0953. The molecule has 1 aromatic carbocycles. The molecule has 1 amide bonds. The van der Waals surface area contributed by atoms with Crippen LogP contribution in [-0.2, 0) is 6.54 Å². The van der Waals surface area contributed by atoms with Gasteiger partial charge in [-0.15, -0.1) is 5.10 Å². The van der Waals surface area contributed by atoms with E-state index in [1.54, 1.807) is 10.9 Å². The van der Waals surface area contributed by atoms with Gasteiger partial charge >= 0.3 is 0 Å². The summed E-state index contributed by atoms with van der Waals surface area (Å²) in [6.07, 6.45) is 4.27. The van der Waals surface area contributed by atoms with Crippen LogP contribution in [0.1, 0.15) is 23.7 Å². The van der Waals surface area contributed by atoms with Crippen LogP contribution in [0.3, 0.4) is 0 Å². The van der Waals surface area contributed by atoms with Gasteiger partial charge in [-0.05, 0) is 25.5 Å². The Morgan fingerprint density at radius 3 is 2.95 bits per heavy atom. The summed E-state index contributed by atoms with van der Waals surface area (Å²) in [7, 11) is 0. The lowest BCUT2D eigenvalue weighted by Gasteiger charge is -2.10. The monoisotopic (exact) mass is 273 g/mol. The fourth-order valence-electron chi connectivity index (χ4n) is 1.92. The van der Waals surface area contributed by atoms with Gasteiger partial charge in [-0.3, -0.25) is 9.48 Å². The van der Waals surface area contributed by atoms with Gasteiger partial charge in [-0.1, -0.05) is 17.3 Å². The van der Waals surface area contributed by atoms with Gasteiger partial charge in [-0.2, -0.15) is 0 Å². The molecule has 0 fully saturated rings. The maximum absolute atomic E-state index is 12.1. The minimum atomic E-state index is -0.0554. The maximum Gasteiger partial charge on any atom is 0.253 e. The summed E-state index contributed by atoms with van der Waals surface area (Å²) in [4.78, 5) is 12.1. The highest BCUT2D eigenvalue weighted by molar-refractivity contribution is 5.99. The summed E-state index contributed by atoms with van der Waals surface area (Å²) in [5.41, 5.74) is 1.54. The van der Waals surface area contributed by atoms with E-state index in [2.05, 4.69) is 20.9 Å². The van der Waals surface area contributed by atoms with Crippen LogP contribution in [0.15, 0.2) is 36.7 Å². The van der Waals surface area contributed by atoms with E-state index in [-0.39, 0.29) is 5.91 Å². The highest BCUT2D eigenvalue weighted by Gasteiger charge is 2.09. The molecule has 6 nitrogen and oxygen atoms in total. The first-order chi connectivity index (χ1) is 9.81. The fraction of sp³-hybridized carbons (Fsp3) is 0.357. The summed E-state index contributed by atoms with van der Waals surface area (Å²) in [5.74, 6) is -0.0554. The van der Waals surface area contributed by atoms with Crippen molar-refractivity contribution >= 4 is 11.6 Å². The van der Waals surface area contributed by atoms with Gasteiger partial charge < -0.3 is 10.6 Å². The van der Waals surface area contributed by atoms with E-state index in [0.29, 0.717) is 12.1 Å². The summed E-state index contributed by atoms with van der Waals surface area (Å²) in [6, 6.07) is 7.52. The highest BCUT2D eigenvalue weighted by atomic mass is 16.1. The average molecular weight is 273 g/mol. The van der Waals surface area contributed by atoms with E-state index < -0.39 is 0 Å². The molecule has 0 atom stereocenters. The van der Waals surface area contributed by atoms with Crippen molar-refractivity contribution in [1.29, 1.82) is 0 Å².